The number of hydrogen-bond donors (Lipinski definition) is 0. The summed E-state index contributed by atoms with van der Waals surface area (Å²) in [5, 5.41) is 0.843. The summed E-state index contributed by atoms with van der Waals surface area (Å²) in [6.07, 6.45) is 0. The smallest absolute Gasteiger partial charge is 0.336 e. The number of fused-ring (bicyclic) bond motifs is 1. The Labute approximate surface area is 80.9 Å². The van der Waals surface area contributed by atoms with Gasteiger partial charge in [0.25, 0.3) is 0 Å². The van der Waals surface area contributed by atoms with Crippen LogP contribution in [0.25, 0.3) is 11.0 Å². The van der Waals surface area contributed by atoms with E-state index in [1.54, 1.807) is 19.2 Å². The lowest BCUT2D eigenvalue weighted by molar-refractivity contribution is 0.412. The van der Waals surface area contributed by atoms with E-state index in [1.807, 2.05) is 6.07 Å². The maximum Gasteiger partial charge on any atom is 0.336 e. The fourth-order valence-electron chi connectivity index (χ4n) is 1.36. The molecule has 0 aliphatic rings. The molecule has 0 bridgehead atoms. The van der Waals surface area contributed by atoms with Gasteiger partial charge in [0, 0.05) is 17.0 Å². The van der Waals surface area contributed by atoms with Crippen molar-refractivity contribution in [3.05, 3.63) is 47.2 Å². The molecule has 1 aromatic heterocycles. The Balaban J connectivity index is 2.86. The van der Waals surface area contributed by atoms with Crippen LogP contribution in [-0.4, -0.2) is 7.11 Å². The topological polar surface area (TPSA) is 39.4 Å². The third-order valence-electron chi connectivity index (χ3n) is 2.07. The molecule has 71 valence electrons. The minimum atomic E-state index is -0.379. The van der Waals surface area contributed by atoms with Crippen molar-refractivity contribution in [3.63, 3.8) is 0 Å². The van der Waals surface area contributed by atoms with E-state index >= 15 is 0 Å². The van der Waals surface area contributed by atoms with Crippen LogP contribution in [0.15, 0.2) is 33.5 Å². The molecule has 0 atom stereocenters. The Morgan fingerprint density at radius 3 is 2.71 bits per heavy atom. The van der Waals surface area contributed by atoms with Crippen LogP contribution >= 0.6 is 0 Å². The SMILES string of the molecule is [CH2]c1c(OC)ccc2ccc(=O)oc12. The van der Waals surface area contributed by atoms with Crippen LogP contribution in [0.3, 0.4) is 0 Å². The molecular formula is C11H9O3. The molecule has 0 saturated heterocycles. The van der Waals surface area contributed by atoms with Gasteiger partial charge in [0.15, 0.2) is 0 Å². The average molecular weight is 189 g/mol. The Hall–Kier alpha value is -1.77. The summed E-state index contributed by atoms with van der Waals surface area (Å²) in [7, 11) is 1.55. The second-order valence-electron chi connectivity index (χ2n) is 2.92. The predicted octanol–water partition coefficient (Wildman–Crippen LogP) is 1.98. The van der Waals surface area contributed by atoms with Crippen LogP contribution in [0.4, 0.5) is 0 Å². The Morgan fingerprint density at radius 2 is 2.00 bits per heavy atom. The highest BCUT2D eigenvalue weighted by Gasteiger charge is 2.05. The summed E-state index contributed by atoms with van der Waals surface area (Å²) >= 11 is 0. The van der Waals surface area contributed by atoms with Gasteiger partial charge in [0.05, 0.1) is 7.11 Å². The molecule has 2 rings (SSSR count). The third kappa shape index (κ3) is 1.27. The fraction of sp³-hybridized carbons (Fsp3) is 0.0909. The summed E-state index contributed by atoms with van der Waals surface area (Å²) in [6.45, 7) is 3.80. The van der Waals surface area contributed by atoms with Crippen LogP contribution in [0.2, 0.25) is 0 Å². The fourth-order valence-corrected chi connectivity index (χ4v) is 1.36. The van der Waals surface area contributed by atoms with Crippen LogP contribution < -0.4 is 10.4 Å². The van der Waals surface area contributed by atoms with Gasteiger partial charge >= 0.3 is 5.63 Å². The second-order valence-corrected chi connectivity index (χ2v) is 2.92. The van der Waals surface area contributed by atoms with Gasteiger partial charge in [-0.2, -0.15) is 0 Å². The van der Waals surface area contributed by atoms with E-state index in [2.05, 4.69) is 6.92 Å². The Bertz CT molecular complexity index is 526. The first-order valence-electron chi connectivity index (χ1n) is 4.15. The van der Waals surface area contributed by atoms with Crippen LogP contribution in [-0.2, 0) is 0 Å². The molecule has 0 amide bonds. The summed E-state index contributed by atoms with van der Waals surface area (Å²) in [5.74, 6) is 0.617. The molecule has 0 fully saturated rings. The lowest BCUT2D eigenvalue weighted by Gasteiger charge is -2.05. The van der Waals surface area contributed by atoms with Gasteiger partial charge in [-0.3, -0.25) is 0 Å². The van der Waals surface area contributed by atoms with E-state index in [1.165, 1.54) is 6.07 Å². The minimum absolute atomic E-state index is 0.379. The lowest BCUT2D eigenvalue weighted by Crippen LogP contribution is -1.96. The number of ether oxygens (including phenoxy) is 1. The maximum absolute atomic E-state index is 11.0. The molecule has 0 spiro atoms. The van der Waals surface area contributed by atoms with E-state index < -0.39 is 0 Å². The highest BCUT2D eigenvalue weighted by atomic mass is 16.5. The van der Waals surface area contributed by atoms with Gasteiger partial charge in [-0.05, 0) is 25.1 Å². The predicted molar refractivity (Wildman–Crippen MR) is 53.5 cm³/mol. The summed E-state index contributed by atoms with van der Waals surface area (Å²) in [5.41, 5.74) is 0.704. The van der Waals surface area contributed by atoms with Gasteiger partial charge in [-0.15, -0.1) is 0 Å². The van der Waals surface area contributed by atoms with E-state index in [9.17, 15) is 4.79 Å². The molecule has 3 nitrogen and oxygen atoms in total. The number of methoxy groups -OCH3 is 1. The molecule has 0 aliphatic heterocycles. The second kappa shape index (κ2) is 3.18. The third-order valence-corrected chi connectivity index (χ3v) is 2.07. The molecule has 2 aromatic rings. The first kappa shape index (κ1) is 8.81. The molecular weight excluding hydrogens is 180 g/mol. The summed E-state index contributed by atoms with van der Waals surface area (Å²) in [4.78, 5) is 11.0. The van der Waals surface area contributed by atoms with Crippen molar-refractivity contribution >= 4 is 11.0 Å². The van der Waals surface area contributed by atoms with Crippen molar-refractivity contribution in [2.45, 2.75) is 0 Å². The maximum atomic E-state index is 11.0. The molecule has 3 heteroatoms. The largest absolute Gasteiger partial charge is 0.496 e. The van der Waals surface area contributed by atoms with E-state index in [-0.39, 0.29) is 5.63 Å². The van der Waals surface area contributed by atoms with Crippen molar-refractivity contribution in [3.8, 4) is 5.75 Å². The number of benzene rings is 1. The van der Waals surface area contributed by atoms with Crippen molar-refractivity contribution < 1.29 is 9.15 Å². The zero-order valence-corrected chi connectivity index (χ0v) is 7.74. The normalized spacial score (nSPS) is 10.4. The first-order chi connectivity index (χ1) is 6.72. The molecule has 0 aliphatic carbocycles. The lowest BCUT2D eigenvalue weighted by atomic mass is 10.1. The van der Waals surface area contributed by atoms with Gasteiger partial charge in [-0.1, -0.05) is 0 Å². The van der Waals surface area contributed by atoms with Crippen molar-refractivity contribution in [1.82, 2.24) is 0 Å². The highest BCUT2D eigenvalue weighted by molar-refractivity contribution is 5.82. The molecule has 0 unspecified atom stereocenters. The van der Waals surface area contributed by atoms with Gasteiger partial charge in [0.1, 0.15) is 11.3 Å². The number of rotatable bonds is 1. The van der Waals surface area contributed by atoms with Crippen LogP contribution in [0.5, 0.6) is 5.75 Å². The Morgan fingerprint density at radius 1 is 1.29 bits per heavy atom. The van der Waals surface area contributed by atoms with Crippen LogP contribution in [0.1, 0.15) is 5.56 Å². The zero-order chi connectivity index (χ0) is 10.1. The van der Waals surface area contributed by atoms with Gasteiger partial charge in [0.2, 0.25) is 0 Å². The van der Waals surface area contributed by atoms with Crippen molar-refractivity contribution in [2.75, 3.05) is 7.11 Å². The summed E-state index contributed by atoms with van der Waals surface area (Å²) < 4.78 is 10.1. The molecule has 1 heterocycles. The molecule has 1 radical (unpaired) electrons. The average Bonchev–Trinajstić information content (AvgIpc) is 2.20. The quantitative estimate of drug-likeness (QED) is 0.644. The van der Waals surface area contributed by atoms with E-state index in [4.69, 9.17) is 9.15 Å². The van der Waals surface area contributed by atoms with Gasteiger partial charge < -0.3 is 9.15 Å². The first-order valence-corrected chi connectivity index (χ1v) is 4.15. The highest BCUT2D eigenvalue weighted by Crippen LogP contribution is 2.25. The molecule has 14 heavy (non-hydrogen) atoms. The van der Waals surface area contributed by atoms with Gasteiger partial charge in [-0.25, -0.2) is 4.79 Å². The molecule has 1 aromatic carbocycles. The molecule has 0 N–H and O–H groups in total. The minimum Gasteiger partial charge on any atom is -0.496 e. The zero-order valence-electron chi connectivity index (χ0n) is 7.74. The molecule has 0 saturated carbocycles. The standard InChI is InChI=1S/C11H9O3/c1-7-9(13-2)5-3-8-4-6-10(12)14-11(7)8/h3-6H,1H2,2H3. The monoisotopic (exact) mass is 189 g/mol. The summed E-state index contributed by atoms with van der Waals surface area (Å²) in [6, 6.07) is 6.71. The van der Waals surface area contributed by atoms with Crippen LogP contribution in [0, 0.1) is 6.92 Å². The number of hydrogen-bond acceptors (Lipinski definition) is 3. The Kier molecular flexibility index (Phi) is 2.00. The van der Waals surface area contributed by atoms with Crippen molar-refractivity contribution in [2.24, 2.45) is 0 Å². The van der Waals surface area contributed by atoms with Crippen molar-refractivity contribution in [1.29, 1.82) is 0 Å². The van der Waals surface area contributed by atoms with E-state index in [0.717, 1.165) is 5.39 Å². The van der Waals surface area contributed by atoms with E-state index in [0.29, 0.717) is 16.9 Å².